The van der Waals surface area contributed by atoms with E-state index in [0.29, 0.717) is 0 Å². The van der Waals surface area contributed by atoms with Crippen LogP contribution in [0.4, 0.5) is 0 Å². The summed E-state index contributed by atoms with van der Waals surface area (Å²) >= 11 is 1.79. The van der Waals surface area contributed by atoms with Gasteiger partial charge in [-0.15, -0.1) is 11.3 Å². The van der Waals surface area contributed by atoms with E-state index in [1.165, 1.54) is 59.9 Å². The third-order valence-electron chi connectivity index (χ3n) is 10.8. The Morgan fingerprint density at radius 1 is 0.357 bits per heavy atom. The molecule has 0 saturated heterocycles. The van der Waals surface area contributed by atoms with Crippen LogP contribution in [0.1, 0.15) is 0 Å². The van der Waals surface area contributed by atoms with Gasteiger partial charge in [-0.05, 0) is 63.7 Å². The second kappa shape index (κ2) is 13.3. The van der Waals surface area contributed by atoms with Gasteiger partial charge in [0.05, 0.1) is 26.9 Å². The maximum Gasteiger partial charge on any atom is 0.160 e. The summed E-state index contributed by atoms with van der Waals surface area (Å²) in [4.78, 5) is 10.5. The first-order valence-electron chi connectivity index (χ1n) is 18.9. The van der Waals surface area contributed by atoms with Crippen molar-refractivity contribution in [2.75, 3.05) is 0 Å². The SMILES string of the molecule is c1ccc(-c2ccc(-c3nc(-c4ccccc4)nc4c3sc3c(-c5cccc(-c6cccc(-n7c8ccccc8c8ccccc87)c6)c5)cccc34)cc2)cc1. The molecule has 0 aliphatic heterocycles. The molecular weight excluding hydrogens is 699 g/mol. The van der Waals surface area contributed by atoms with Crippen LogP contribution in [0.15, 0.2) is 200 Å². The minimum Gasteiger partial charge on any atom is -0.309 e. The minimum atomic E-state index is 0.732. The normalized spacial score (nSPS) is 11.6. The summed E-state index contributed by atoms with van der Waals surface area (Å²) in [6.07, 6.45) is 0. The summed E-state index contributed by atoms with van der Waals surface area (Å²) in [5, 5.41) is 3.67. The fourth-order valence-electron chi connectivity index (χ4n) is 8.15. The first-order chi connectivity index (χ1) is 27.8. The minimum absolute atomic E-state index is 0.732. The zero-order valence-corrected chi connectivity index (χ0v) is 31.1. The van der Waals surface area contributed by atoms with Crippen LogP contribution >= 0.6 is 11.3 Å². The zero-order chi connectivity index (χ0) is 37.0. The second-order valence-corrected chi connectivity index (χ2v) is 15.2. The van der Waals surface area contributed by atoms with Crippen LogP contribution in [0.3, 0.4) is 0 Å². The first-order valence-corrected chi connectivity index (χ1v) is 19.7. The molecule has 0 unspecified atom stereocenters. The van der Waals surface area contributed by atoms with E-state index in [0.717, 1.165) is 43.9 Å². The molecule has 3 nitrogen and oxygen atoms in total. The average Bonchev–Trinajstić information content (AvgIpc) is 3.83. The fourth-order valence-corrected chi connectivity index (χ4v) is 9.43. The molecule has 0 saturated carbocycles. The molecule has 11 rings (SSSR count). The van der Waals surface area contributed by atoms with Gasteiger partial charge in [0.15, 0.2) is 5.82 Å². The Kier molecular flexibility index (Phi) is 7.68. The molecule has 4 heteroatoms. The van der Waals surface area contributed by atoms with Gasteiger partial charge in [0, 0.05) is 37.7 Å². The Labute approximate surface area is 328 Å². The van der Waals surface area contributed by atoms with Gasteiger partial charge in [0.2, 0.25) is 0 Å². The highest BCUT2D eigenvalue weighted by Crippen LogP contribution is 2.44. The molecule has 0 aliphatic carbocycles. The van der Waals surface area contributed by atoms with Crippen LogP contribution in [0.2, 0.25) is 0 Å². The molecule has 262 valence electrons. The summed E-state index contributed by atoms with van der Waals surface area (Å²) in [5.74, 6) is 0.732. The topological polar surface area (TPSA) is 30.7 Å². The molecule has 0 amide bonds. The van der Waals surface area contributed by atoms with E-state index in [1.54, 1.807) is 11.3 Å². The van der Waals surface area contributed by atoms with Crippen LogP contribution in [-0.4, -0.2) is 14.5 Å². The van der Waals surface area contributed by atoms with E-state index >= 15 is 0 Å². The number of hydrogen-bond acceptors (Lipinski definition) is 3. The van der Waals surface area contributed by atoms with E-state index in [2.05, 4.69) is 187 Å². The van der Waals surface area contributed by atoms with Crippen LogP contribution in [-0.2, 0) is 0 Å². The average molecular weight is 732 g/mol. The summed E-state index contributed by atoms with van der Waals surface area (Å²) in [6.45, 7) is 0. The predicted octanol–water partition coefficient (Wildman–Crippen LogP) is 14.3. The Hall–Kier alpha value is -7.14. The third kappa shape index (κ3) is 5.42. The molecule has 3 aromatic heterocycles. The zero-order valence-electron chi connectivity index (χ0n) is 30.3. The van der Waals surface area contributed by atoms with Crippen LogP contribution in [0, 0.1) is 0 Å². The number of hydrogen-bond donors (Lipinski definition) is 0. The van der Waals surface area contributed by atoms with Crippen molar-refractivity contribution in [3.8, 4) is 61.7 Å². The van der Waals surface area contributed by atoms with Crippen LogP contribution in [0.5, 0.6) is 0 Å². The van der Waals surface area contributed by atoms with Gasteiger partial charge in [0.1, 0.15) is 0 Å². The third-order valence-corrected chi connectivity index (χ3v) is 12.1. The predicted molar refractivity (Wildman–Crippen MR) is 236 cm³/mol. The number of rotatable bonds is 6. The number of nitrogens with zero attached hydrogens (tertiary/aromatic N) is 3. The van der Waals surface area contributed by atoms with E-state index in [-0.39, 0.29) is 0 Å². The second-order valence-electron chi connectivity index (χ2n) is 14.2. The summed E-state index contributed by atoms with van der Waals surface area (Å²) in [7, 11) is 0. The largest absolute Gasteiger partial charge is 0.309 e. The molecule has 0 fully saturated rings. The molecule has 0 N–H and O–H groups in total. The van der Waals surface area contributed by atoms with E-state index in [9.17, 15) is 0 Å². The van der Waals surface area contributed by atoms with Crippen molar-refractivity contribution in [2.45, 2.75) is 0 Å². The Morgan fingerprint density at radius 2 is 0.893 bits per heavy atom. The van der Waals surface area contributed by atoms with Gasteiger partial charge >= 0.3 is 0 Å². The quantitative estimate of drug-likeness (QED) is 0.170. The van der Waals surface area contributed by atoms with Crippen molar-refractivity contribution < 1.29 is 0 Å². The van der Waals surface area contributed by atoms with Crippen molar-refractivity contribution in [1.29, 1.82) is 0 Å². The van der Waals surface area contributed by atoms with Crippen molar-refractivity contribution in [1.82, 2.24) is 14.5 Å². The molecule has 0 bridgehead atoms. The van der Waals surface area contributed by atoms with Gasteiger partial charge in [-0.25, -0.2) is 9.97 Å². The molecule has 0 spiro atoms. The molecule has 0 radical (unpaired) electrons. The summed E-state index contributed by atoms with van der Waals surface area (Å²) < 4.78 is 4.68. The monoisotopic (exact) mass is 731 g/mol. The Morgan fingerprint density at radius 3 is 1.62 bits per heavy atom. The number of para-hydroxylation sites is 2. The molecule has 11 aromatic rings. The highest BCUT2D eigenvalue weighted by atomic mass is 32.1. The van der Waals surface area contributed by atoms with Gasteiger partial charge in [-0.2, -0.15) is 0 Å². The molecule has 8 aromatic carbocycles. The van der Waals surface area contributed by atoms with Crippen molar-refractivity contribution in [3.05, 3.63) is 200 Å². The highest BCUT2D eigenvalue weighted by Gasteiger charge is 2.19. The van der Waals surface area contributed by atoms with Crippen LogP contribution < -0.4 is 0 Å². The highest BCUT2D eigenvalue weighted by molar-refractivity contribution is 7.26. The molecular formula is C52H33N3S. The lowest BCUT2D eigenvalue weighted by Gasteiger charge is -2.11. The van der Waals surface area contributed by atoms with E-state index in [4.69, 9.17) is 9.97 Å². The van der Waals surface area contributed by atoms with Gasteiger partial charge in [-0.3, -0.25) is 0 Å². The Bertz CT molecular complexity index is 3180. The van der Waals surface area contributed by atoms with Crippen molar-refractivity contribution in [2.24, 2.45) is 0 Å². The van der Waals surface area contributed by atoms with Crippen LogP contribution in [0.25, 0.3) is 104 Å². The lowest BCUT2D eigenvalue weighted by Crippen LogP contribution is -1.94. The first kappa shape index (κ1) is 32.3. The molecule has 0 aliphatic rings. The lowest BCUT2D eigenvalue weighted by molar-refractivity contribution is 1.18. The van der Waals surface area contributed by atoms with E-state index < -0.39 is 0 Å². The standard InChI is InChI=1S/C52H33N3S/c1-3-14-34(15-4-1)35-28-30-36(31-29-35)48-51-49(54-52(53-48)37-16-5-2-6-17-37)45-25-13-24-42(50(45)56-51)40-20-11-18-38(32-40)39-19-12-21-41(33-39)55-46-26-9-7-22-43(46)44-23-8-10-27-47(44)55/h1-33H. The number of thiophene rings is 1. The number of aromatic nitrogens is 3. The lowest BCUT2D eigenvalue weighted by atomic mass is 9.98. The molecule has 0 atom stereocenters. The van der Waals surface area contributed by atoms with E-state index in [1.807, 2.05) is 18.2 Å². The van der Waals surface area contributed by atoms with Crippen molar-refractivity contribution in [3.63, 3.8) is 0 Å². The maximum absolute atomic E-state index is 5.26. The molecule has 56 heavy (non-hydrogen) atoms. The summed E-state index contributed by atoms with van der Waals surface area (Å²) in [5.41, 5.74) is 14.7. The molecule has 3 heterocycles. The van der Waals surface area contributed by atoms with Gasteiger partial charge in [0.25, 0.3) is 0 Å². The summed E-state index contributed by atoms with van der Waals surface area (Å²) in [6, 6.07) is 71.4. The Balaban J connectivity index is 1.04. The smallest absolute Gasteiger partial charge is 0.160 e. The number of benzene rings is 8. The van der Waals surface area contributed by atoms with Gasteiger partial charge in [-0.1, -0.05) is 170 Å². The van der Waals surface area contributed by atoms with Gasteiger partial charge < -0.3 is 4.57 Å². The number of fused-ring (bicyclic) bond motifs is 6. The maximum atomic E-state index is 5.26. The fraction of sp³-hybridized carbons (Fsp3) is 0. The van der Waals surface area contributed by atoms with Crippen molar-refractivity contribution >= 4 is 53.4 Å².